The molecule has 0 saturated heterocycles. The van der Waals surface area contributed by atoms with Crippen molar-refractivity contribution in [3.63, 3.8) is 0 Å². The zero-order valence-corrected chi connectivity index (χ0v) is 14.8. The molecule has 1 aromatic heterocycles. The van der Waals surface area contributed by atoms with Gasteiger partial charge in [-0.25, -0.2) is 4.79 Å². The molecule has 0 aliphatic heterocycles. The molecule has 4 nitrogen and oxygen atoms in total. The number of carbonyl (C=O) groups is 1. The van der Waals surface area contributed by atoms with Gasteiger partial charge in [-0.1, -0.05) is 30.3 Å². The number of carboxylic acids is 1. The highest BCUT2D eigenvalue weighted by Gasteiger charge is 2.04. The van der Waals surface area contributed by atoms with Crippen molar-refractivity contribution in [3.05, 3.63) is 88.1 Å². The summed E-state index contributed by atoms with van der Waals surface area (Å²) in [4.78, 5) is 11.6. The maximum Gasteiger partial charge on any atom is 0.328 e. The first-order valence-electron chi connectivity index (χ1n) is 8.08. The van der Waals surface area contributed by atoms with Crippen molar-refractivity contribution in [2.45, 2.75) is 13.2 Å². The number of thiophene rings is 1. The summed E-state index contributed by atoms with van der Waals surface area (Å²) in [6, 6.07) is 19.3. The zero-order chi connectivity index (χ0) is 18.2. The first-order valence-corrected chi connectivity index (χ1v) is 8.95. The molecule has 0 amide bonds. The second kappa shape index (κ2) is 8.87. The molecule has 132 valence electrons. The van der Waals surface area contributed by atoms with Gasteiger partial charge in [0.2, 0.25) is 0 Å². The van der Waals surface area contributed by atoms with Gasteiger partial charge in [0, 0.05) is 11.0 Å². The van der Waals surface area contributed by atoms with Gasteiger partial charge in [0.15, 0.2) is 0 Å². The molecule has 0 bridgehead atoms. The van der Waals surface area contributed by atoms with E-state index >= 15 is 0 Å². The number of carboxylic acid groups (broad SMARTS) is 1. The van der Waals surface area contributed by atoms with Crippen LogP contribution in [0, 0.1) is 0 Å². The highest BCUT2D eigenvalue weighted by atomic mass is 32.1. The fraction of sp³-hybridized carbons (Fsp3) is 0.0952. The second-order valence-electron chi connectivity index (χ2n) is 5.51. The Balaban J connectivity index is 1.53. The minimum absolute atomic E-state index is 0.390. The average Bonchev–Trinajstić information content (AvgIpc) is 3.12. The molecule has 26 heavy (non-hydrogen) atoms. The van der Waals surface area contributed by atoms with Crippen molar-refractivity contribution in [3.8, 4) is 11.5 Å². The molecule has 0 fully saturated rings. The summed E-state index contributed by atoms with van der Waals surface area (Å²) in [6.45, 7) is 0.913. The van der Waals surface area contributed by atoms with Gasteiger partial charge in [-0.2, -0.15) is 0 Å². The van der Waals surface area contributed by atoms with Crippen LogP contribution in [0.3, 0.4) is 0 Å². The van der Waals surface area contributed by atoms with Gasteiger partial charge >= 0.3 is 5.97 Å². The quantitative estimate of drug-likeness (QED) is 0.570. The number of aliphatic carboxylic acids is 1. The van der Waals surface area contributed by atoms with E-state index in [2.05, 4.69) is 0 Å². The highest BCUT2D eigenvalue weighted by Crippen LogP contribution is 2.23. The van der Waals surface area contributed by atoms with E-state index in [0.29, 0.717) is 13.2 Å². The molecule has 0 aliphatic rings. The largest absolute Gasteiger partial charge is 0.489 e. The SMILES string of the molecule is O=C(O)/C=C/c1ccsc1COc1ccc(OCc2ccccc2)cc1. The van der Waals surface area contributed by atoms with Crippen LogP contribution >= 0.6 is 11.3 Å². The Morgan fingerprint density at radius 2 is 1.58 bits per heavy atom. The summed E-state index contributed by atoms with van der Waals surface area (Å²) < 4.78 is 11.5. The Labute approximate surface area is 156 Å². The Hall–Kier alpha value is -3.05. The molecule has 0 radical (unpaired) electrons. The van der Waals surface area contributed by atoms with Gasteiger partial charge in [-0.3, -0.25) is 0 Å². The number of hydrogen-bond donors (Lipinski definition) is 1. The third kappa shape index (κ3) is 5.22. The lowest BCUT2D eigenvalue weighted by Gasteiger charge is -2.09. The van der Waals surface area contributed by atoms with Crippen LogP contribution in [0.1, 0.15) is 16.0 Å². The Bertz CT molecular complexity index is 867. The summed E-state index contributed by atoms with van der Waals surface area (Å²) in [5, 5.41) is 10.6. The average molecular weight is 366 g/mol. The van der Waals surface area contributed by atoms with Crippen LogP contribution in [0.15, 0.2) is 72.1 Å². The molecular formula is C21H18O4S. The van der Waals surface area contributed by atoms with E-state index in [0.717, 1.165) is 33.6 Å². The second-order valence-corrected chi connectivity index (χ2v) is 6.51. The normalized spacial score (nSPS) is 10.8. The van der Waals surface area contributed by atoms with Crippen molar-refractivity contribution in [2.24, 2.45) is 0 Å². The molecular weight excluding hydrogens is 348 g/mol. The fourth-order valence-electron chi connectivity index (χ4n) is 2.30. The molecule has 2 aromatic carbocycles. The minimum atomic E-state index is -0.964. The van der Waals surface area contributed by atoms with Crippen LogP contribution in [0.5, 0.6) is 11.5 Å². The molecule has 0 spiro atoms. The lowest BCUT2D eigenvalue weighted by atomic mass is 10.2. The number of benzene rings is 2. The smallest absolute Gasteiger partial charge is 0.328 e. The topological polar surface area (TPSA) is 55.8 Å². The molecule has 3 aromatic rings. The monoisotopic (exact) mass is 366 g/mol. The van der Waals surface area contributed by atoms with E-state index in [1.807, 2.05) is 66.0 Å². The van der Waals surface area contributed by atoms with Crippen LogP contribution in [-0.4, -0.2) is 11.1 Å². The van der Waals surface area contributed by atoms with Crippen LogP contribution in [0.2, 0.25) is 0 Å². The van der Waals surface area contributed by atoms with Gasteiger partial charge in [0.25, 0.3) is 0 Å². The van der Waals surface area contributed by atoms with E-state index in [1.165, 1.54) is 11.3 Å². The van der Waals surface area contributed by atoms with Crippen molar-refractivity contribution >= 4 is 23.4 Å². The Kier molecular flexibility index (Phi) is 6.06. The Morgan fingerprint density at radius 1 is 0.923 bits per heavy atom. The lowest BCUT2D eigenvalue weighted by Crippen LogP contribution is -1.96. The van der Waals surface area contributed by atoms with Gasteiger partial charge in [0.05, 0.1) is 0 Å². The van der Waals surface area contributed by atoms with E-state index in [4.69, 9.17) is 14.6 Å². The fourth-order valence-corrected chi connectivity index (χ4v) is 3.08. The molecule has 1 heterocycles. The molecule has 0 atom stereocenters. The predicted molar refractivity (Wildman–Crippen MR) is 103 cm³/mol. The third-order valence-electron chi connectivity index (χ3n) is 3.63. The maximum atomic E-state index is 10.6. The van der Waals surface area contributed by atoms with Crippen LogP contribution in [-0.2, 0) is 18.0 Å². The highest BCUT2D eigenvalue weighted by molar-refractivity contribution is 7.10. The van der Waals surface area contributed by atoms with Crippen LogP contribution in [0.4, 0.5) is 0 Å². The number of rotatable bonds is 8. The molecule has 5 heteroatoms. The summed E-state index contributed by atoms with van der Waals surface area (Å²) in [7, 11) is 0. The van der Waals surface area contributed by atoms with E-state index < -0.39 is 5.97 Å². The lowest BCUT2D eigenvalue weighted by molar-refractivity contribution is -0.131. The van der Waals surface area contributed by atoms with Crippen molar-refractivity contribution < 1.29 is 19.4 Å². The van der Waals surface area contributed by atoms with E-state index in [9.17, 15) is 4.79 Å². The molecule has 0 aliphatic carbocycles. The molecule has 3 rings (SSSR count). The summed E-state index contributed by atoms with van der Waals surface area (Å²) in [6.07, 6.45) is 2.71. The Morgan fingerprint density at radius 3 is 2.23 bits per heavy atom. The standard InChI is InChI=1S/C21H18O4S/c22-21(23)11-6-17-12-13-26-20(17)15-25-19-9-7-18(8-10-19)24-14-16-4-2-1-3-5-16/h1-13H,14-15H2,(H,22,23)/b11-6+. The van der Waals surface area contributed by atoms with Gasteiger partial charge in [-0.05, 0) is 52.9 Å². The first kappa shape index (κ1) is 17.8. The van der Waals surface area contributed by atoms with Crippen molar-refractivity contribution in [2.75, 3.05) is 0 Å². The van der Waals surface area contributed by atoms with Crippen molar-refractivity contribution in [1.29, 1.82) is 0 Å². The third-order valence-corrected chi connectivity index (χ3v) is 4.54. The summed E-state index contributed by atoms with van der Waals surface area (Å²) in [5.41, 5.74) is 1.98. The molecule has 1 N–H and O–H groups in total. The van der Waals surface area contributed by atoms with E-state index in [-0.39, 0.29) is 0 Å². The summed E-state index contributed by atoms with van der Waals surface area (Å²) in [5.74, 6) is 0.551. The number of hydrogen-bond acceptors (Lipinski definition) is 4. The van der Waals surface area contributed by atoms with Gasteiger partial charge < -0.3 is 14.6 Å². The van der Waals surface area contributed by atoms with Crippen LogP contribution < -0.4 is 9.47 Å². The zero-order valence-electron chi connectivity index (χ0n) is 14.0. The summed E-state index contributed by atoms with van der Waals surface area (Å²) >= 11 is 1.54. The van der Waals surface area contributed by atoms with Gasteiger partial charge in [-0.15, -0.1) is 11.3 Å². The number of ether oxygens (including phenoxy) is 2. The van der Waals surface area contributed by atoms with E-state index in [1.54, 1.807) is 6.08 Å². The van der Waals surface area contributed by atoms with Gasteiger partial charge in [0.1, 0.15) is 24.7 Å². The maximum absolute atomic E-state index is 10.6. The van der Waals surface area contributed by atoms with Crippen LogP contribution in [0.25, 0.3) is 6.08 Å². The minimum Gasteiger partial charge on any atom is -0.489 e. The first-order chi connectivity index (χ1) is 12.7. The molecule has 0 unspecified atom stereocenters. The van der Waals surface area contributed by atoms with Crippen molar-refractivity contribution in [1.82, 2.24) is 0 Å². The molecule has 0 saturated carbocycles. The predicted octanol–water partition coefficient (Wildman–Crippen LogP) is 5.00.